The van der Waals surface area contributed by atoms with Crippen LogP contribution in [0.25, 0.3) is 0 Å². The number of carbonyl (C=O) groups excluding carboxylic acids is 1. The normalized spacial score (nSPS) is 14.9. The van der Waals surface area contributed by atoms with Gasteiger partial charge in [-0.25, -0.2) is 0 Å². The Morgan fingerprint density at radius 3 is 2.50 bits per heavy atom. The molecule has 0 aliphatic carbocycles. The van der Waals surface area contributed by atoms with Crippen molar-refractivity contribution in [1.82, 2.24) is 10.2 Å². The van der Waals surface area contributed by atoms with E-state index in [2.05, 4.69) is 12.2 Å². The van der Waals surface area contributed by atoms with Gasteiger partial charge in [0.15, 0.2) is 0 Å². The molecule has 4 heteroatoms. The van der Waals surface area contributed by atoms with E-state index in [-0.39, 0.29) is 24.6 Å². The summed E-state index contributed by atoms with van der Waals surface area (Å²) in [5.41, 5.74) is 0. The molecule has 2 atom stereocenters. The fourth-order valence-electron chi connectivity index (χ4n) is 1.43. The van der Waals surface area contributed by atoms with Gasteiger partial charge in [-0.1, -0.05) is 19.8 Å². The number of unbranched alkanes of at least 4 members (excludes halogenated alkanes) is 2. The number of nitrogens with one attached hydrogen (secondary N) is 1. The predicted molar refractivity (Wildman–Crippen MR) is 66.3 cm³/mol. The van der Waals surface area contributed by atoms with Crippen LogP contribution < -0.4 is 5.32 Å². The first-order valence-electron chi connectivity index (χ1n) is 6.15. The SMILES string of the molecule is CCCCCNC(=O)C(C)N(C)C(C)CO. The molecule has 4 nitrogen and oxygen atoms in total. The highest BCUT2D eigenvalue weighted by molar-refractivity contribution is 5.81. The van der Waals surface area contributed by atoms with E-state index in [1.54, 1.807) is 0 Å². The molecule has 2 unspecified atom stereocenters. The number of aliphatic hydroxyl groups excluding tert-OH is 1. The van der Waals surface area contributed by atoms with Gasteiger partial charge in [0, 0.05) is 12.6 Å². The summed E-state index contributed by atoms with van der Waals surface area (Å²) in [4.78, 5) is 13.6. The monoisotopic (exact) mass is 230 g/mol. The van der Waals surface area contributed by atoms with Crippen LogP contribution in [0.2, 0.25) is 0 Å². The molecule has 96 valence electrons. The number of rotatable bonds is 8. The average molecular weight is 230 g/mol. The molecule has 0 aromatic carbocycles. The van der Waals surface area contributed by atoms with E-state index < -0.39 is 0 Å². The van der Waals surface area contributed by atoms with Crippen molar-refractivity contribution in [3.63, 3.8) is 0 Å². The van der Waals surface area contributed by atoms with Gasteiger partial charge in [0.2, 0.25) is 5.91 Å². The zero-order valence-corrected chi connectivity index (χ0v) is 11.0. The highest BCUT2D eigenvalue weighted by Crippen LogP contribution is 2.02. The first-order valence-corrected chi connectivity index (χ1v) is 6.15. The first-order chi connectivity index (χ1) is 7.54. The maximum absolute atomic E-state index is 11.7. The minimum Gasteiger partial charge on any atom is -0.395 e. The third-order valence-electron chi connectivity index (χ3n) is 3.03. The minimum atomic E-state index is -0.191. The maximum atomic E-state index is 11.7. The summed E-state index contributed by atoms with van der Waals surface area (Å²) in [5.74, 6) is 0.0407. The van der Waals surface area contributed by atoms with Crippen LogP contribution in [0.1, 0.15) is 40.0 Å². The average Bonchev–Trinajstić information content (AvgIpc) is 2.31. The van der Waals surface area contributed by atoms with Crippen molar-refractivity contribution in [2.24, 2.45) is 0 Å². The molecule has 0 saturated carbocycles. The second kappa shape index (κ2) is 8.53. The van der Waals surface area contributed by atoms with Crippen LogP contribution in [-0.4, -0.2) is 48.2 Å². The first kappa shape index (κ1) is 15.4. The molecule has 0 rings (SSSR count). The van der Waals surface area contributed by atoms with Crippen LogP contribution in [0.4, 0.5) is 0 Å². The smallest absolute Gasteiger partial charge is 0.237 e. The van der Waals surface area contributed by atoms with Crippen LogP contribution in [0.3, 0.4) is 0 Å². The molecule has 1 amide bonds. The van der Waals surface area contributed by atoms with Gasteiger partial charge in [0.25, 0.3) is 0 Å². The lowest BCUT2D eigenvalue weighted by Gasteiger charge is -2.28. The number of likely N-dealkylation sites (N-methyl/N-ethyl adjacent to an activating group) is 1. The summed E-state index contributed by atoms with van der Waals surface area (Å²) in [6.45, 7) is 6.73. The van der Waals surface area contributed by atoms with Gasteiger partial charge in [-0.05, 0) is 27.3 Å². The number of carbonyl (C=O) groups is 1. The Labute approximate surface area is 99.0 Å². The number of aliphatic hydroxyl groups is 1. The van der Waals surface area contributed by atoms with Gasteiger partial charge < -0.3 is 10.4 Å². The number of hydrogen-bond acceptors (Lipinski definition) is 3. The second-order valence-electron chi connectivity index (χ2n) is 4.37. The van der Waals surface area contributed by atoms with E-state index in [0.717, 1.165) is 25.8 Å². The van der Waals surface area contributed by atoms with Crippen LogP contribution in [0.15, 0.2) is 0 Å². The molecule has 0 heterocycles. The Morgan fingerprint density at radius 1 is 1.38 bits per heavy atom. The Bertz CT molecular complexity index is 197. The molecule has 0 aromatic heterocycles. The van der Waals surface area contributed by atoms with E-state index in [9.17, 15) is 4.79 Å². The fraction of sp³-hybridized carbons (Fsp3) is 0.917. The third-order valence-corrected chi connectivity index (χ3v) is 3.03. The van der Waals surface area contributed by atoms with E-state index in [1.165, 1.54) is 0 Å². The molecule has 2 N–H and O–H groups in total. The van der Waals surface area contributed by atoms with Gasteiger partial charge in [-0.3, -0.25) is 9.69 Å². The number of nitrogens with zero attached hydrogens (tertiary/aromatic N) is 1. The quantitative estimate of drug-likeness (QED) is 0.612. The molecular formula is C12H26N2O2. The fourth-order valence-corrected chi connectivity index (χ4v) is 1.43. The molecule has 0 aromatic rings. The number of amides is 1. The van der Waals surface area contributed by atoms with Crippen molar-refractivity contribution in [3.05, 3.63) is 0 Å². The third kappa shape index (κ3) is 5.47. The van der Waals surface area contributed by atoms with E-state index in [4.69, 9.17) is 5.11 Å². The van der Waals surface area contributed by atoms with Crippen LogP contribution >= 0.6 is 0 Å². The maximum Gasteiger partial charge on any atom is 0.237 e. The summed E-state index contributed by atoms with van der Waals surface area (Å²) in [6, 6.07) is -0.180. The minimum absolute atomic E-state index is 0.0105. The molecule has 0 bridgehead atoms. The molecule has 0 aliphatic rings. The van der Waals surface area contributed by atoms with Gasteiger partial charge in [-0.2, -0.15) is 0 Å². The number of hydrogen-bond donors (Lipinski definition) is 2. The van der Waals surface area contributed by atoms with Gasteiger partial charge >= 0.3 is 0 Å². The van der Waals surface area contributed by atoms with Crippen molar-refractivity contribution < 1.29 is 9.90 Å². The molecule has 16 heavy (non-hydrogen) atoms. The van der Waals surface area contributed by atoms with Crippen molar-refractivity contribution in [2.45, 2.75) is 52.1 Å². The van der Waals surface area contributed by atoms with E-state index in [0.29, 0.717) is 0 Å². The standard InChI is InChI=1S/C12H26N2O2/c1-5-6-7-8-13-12(16)11(3)14(4)10(2)9-15/h10-11,15H,5-9H2,1-4H3,(H,13,16). The van der Waals surface area contributed by atoms with Crippen molar-refractivity contribution in [2.75, 3.05) is 20.2 Å². The van der Waals surface area contributed by atoms with Crippen LogP contribution in [0, 0.1) is 0 Å². The lowest BCUT2D eigenvalue weighted by atomic mass is 10.2. The lowest BCUT2D eigenvalue weighted by molar-refractivity contribution is -0.126. The van der Waals surface area contributed by atoms with Gasteiger partial charge in [0.1, 0.15) is 0 Å². The summed E-state index contributed by atoms with van der Waals surface area (Å²) < 4.78 is 0. The zero-order chi connectivity index (χ0) is 12.6. The van der Waals surface area contributed by atoms with Crippen molar-refractivity contribution in [3.8, 4) is 0 Å². The zero-order valence-electron chi connectivity index (χ0n) is 11.0. The van der Waals surface area contributed by atoms with Gasteiger partial charge in [-0.15, -0.1) is 0 Å². The lowest BCUT2D eigenvalue weighted by Crippen LogP contribution is -2.48. The highest BCUT2D eigenvalue weighted by Gasteiger charge is 2.21. The topological polar surface area (TPSA) is 52.6 Å². The summed E-state index contributed by atoms with van der Waals surface area (Å²) in [6.07, 6.45) is 3.35. The summed E-state index contributed by atoms with van der Waals surface area (Å²) in [5, 5.41) is 11.9. The van der Waals surface area contributed by atoms with E-state index in [1.807, 2.05) is 25.8 Å². The predicted octanol–water partition coefficient (Wildman–Crippen LogP) is 0.994. The van der Waals surface area contributed by atoms with Crippen molar-refractivity contribution in [1.29, 1.82) is 0 Å². The Morgan fingerprint density at radius 2 is 2.00 bits per heavy atom. The molecule has 0 aliphatic heterocycles. The van der Waals surface area contributed by atoms with E-state index >= 15 is 0 Å². The Balaban J connectivity index is 3.88. The summed E-state index contributed by atoms with van der Waals surface area (Å²) in [7, 11) is 1.86. The molecule has 0 radical (unpaired) electrons. The Kier molecular flexibility index (Phi) is 8.21. The highest BCUT2D eigenvalue weighted by atomic mass is 16.3. The van der Waals surface area contributed by atoms with Crippen LogP contribution in [0.5, 0.6) is 0 Å². The summed E-state index contributed by atoms with van der Waals surface area (Å²) >= 11 is 0. The Hall–Kier alpha value is -0.610. The van der Waals surface area contributed by atoms with Gasteiger partial charge in [0.05, 0.1) is 12.6 Å². The molecule has 0 fully saturated rings. The van der Waals surface area contributed by atoms with Crippen molar-refractivity contribution >= 4 is 5.91 Å². The van der Waals surface area contributed by atoms with Crippen LogP contribution in [-0.2, 0) is 4.79 Å². The molecular weight excluding hydrogens is 204 g/mol. The largest absolute Gasteiger partial charge is 0.395 e. The second-order valence-corrected chi connectivity index (χ2v) is 4.37. The molecule has 0 spiro atoms. The molecule has 0 saturated heterocycles.